The van der Waals surface area contributed by atoms with Gasteiger partial charge in [-0.05, 0) is 252 Å². The lowest BCUT2D eigenvalue weighted by atomic mass is 9.62. The zero-order valence-electron chi connectivity index (χ0n) is 44.0. The summed E-state index contributed by atoms with van der Waals surface area (Å²) >= 11 is 0. The van der Waals surface area contributed by atoms with Crippen molar-refractivity contribution in [2.24, 2.45) is 0 Å². The van der Waals surface area contributed by atoms with Crippen LogP contribution >= 0.6 is 0 Å². The standard InChI is InChI=1S/C68H67N3/c1-42-28-30-57(31-29-42)69-62-26-16-14-24-60(62)68(61-25-15-17-27-63(61)69,55-20-18-22-58(40-55)70(64-36-47(6)43(2)32-51(64)10)65-37-48(7)44(3)33-52(65)11)56-21-19-23-59(41-56)71(66-38-49(8)45(4)34-53(66)12)67-39-50(9)46(5)35-54(67)13/h14-41H,1-13H3. The first-order valence-electron chi connectivity index (χ1n) is 25.3. The first-order valence-corrected chi connectivity index (χ1v) is 25.3. The van der Waals surface area contributed by atoms with Crippen molar-refractivity contribution in [1.29, 1.82) is 0 Å². The number of hydrogen-bond acceptors (Lipinski definition) is 3. The molecular weight excluding hydrogens is 859 g/mol. The number of para-hydroxylation sites is 2. The molecule has 0 saturated carbocycles. The van der Waals surface area contributed by atoms with Gasteiger partial charge in [0.05, 0.1) is 16.8 Å². The van der Waals surface area contributed by atoms with Crippen molar-refractivity contribution in [3.8, 4) is 0 Å². The molecule has 3 heteroatoms. The van der Waals surface area contributed by atoms with Gasteiger partial charge in [0.15, 0.2) is 0 Å². The van der Waals surface area contributed by atoms with Crippen LogP contribution < -0.4 is 14.7 Å². The molecule has 0 bridgehead atoms. The van der Waals surface area contributed by atoms with Crippen molar-refractivity contribution in [2.75, 3.05) is 14.7 Å². The van der Waals surface area contributed by atoms with E-state index in [-0.39, 0.29) is 0 Å². The van der Waals surface area contributed by atoms with Crippen LogP contribution in [0.5, 0.6) is 0 Å². The minimum atomic E-state index is -0.773. The Bertz CT molecular complexity index is 3210. The van der Waals surface area contributed by atoms with E-state index in [2.05, 4.69) is 275 Å². The quantitative estimate of drug-likeness (QED) is 0.143. The number of fused-ring (bicyclic) bond motifs is 2. The Morgan fingerprint density at radius 3 is 0.972 bits per heavy atom. The molecule has 9 aromatic carbocycles. The lowest BCUT2D eigenvalue weighted by Crippen LogP contribution is -2.38. The predicted octanol–water partition coefficient (Wildman–Crippen LogP) is 18.8. The summed E-state index contributed by atoms with van der Waals surface area (Å²) in [7, 11) is 0. The van der Waals surface area contributed by atoms with Gasteiger partial charge < -0.3 is 14.7 Å². The van der Waals surface area contributed by atoms with Gasteiger partial charge in [-0.3, -0.25) is 0 Å². The minimum Gasteiger partial charge on any atom is -0.310 e. The molecular formula is C68H67N3. The Morgan fingerprint density at radius 1 is 0.296 bits per heavy atom. The van der Waals surface area contributed by atoms with Gasteiger partial charge in [0.1, 0.15) is 0 Å². The zero-order valence-corrected chi connectivity index (χ0v) is 44.0. The third-order valence-electron chi connectivity index (χ3n) is 15.7. The largest absolute Gasteiger partial charge is 0.310 e. The second-order valence-corrected chi connectivity index (χ2v) is 20.6. The van der Waals surface area contributed by atoms with Gasteiger partial charge >= 0.3 is 0 Å². The number of rotatable bonds is 9. The molecule has 0 N–H and O–H groups in total. The fourth-order valence-corrected chi connectivity index (χ4v) is 11.3. The summed E-state index contributed by atoms with van der Waals surface area (Å²) in [6, 6.07) is 65.1. The third-order valence-corrected chi connectivity index (χ3v) is 15.7. The predicted molar refractivity (Wildman–Crippen MR) is 304 cm³/mol. The third kappa shape index (κ3) is 8.02. The molecule has 1 aliphatic heterocycles. The molecule has 0 saturated heterocycles. The van der Waals surface area contributed by atoms with E-state index in [0.29, 0.717) is 0 Å². The molecule has 0 spiro atoms. The molecule has 0 radical (unpaired) electrons. The highest BCUT2D eigenvalue weighted by Crippen LogP contribution is 2.59. The average molecular weight is 926 g/mol. The van der Waals surface area contributed by atoms with E-state index in [9.17, 15) is 0 Å². The molecule has 9 aromatic rings. The summed E-state index contributed by atoms with van der Waals surface area (Å²) in [6.45, 7) is 29.0. The van der Waals surface area contributed by atoms with Gasteiger partial charge in [0, 0.05) is 39.8 Å². The van der Waals surface area contributed by atoms with E-state index in [4.69, 9.17) is 0 Å². The molecule has 1 heterocycles. The summed E-state index contributed by atoms with van der Waals surface area (Å²) in [5, 5.41) is 0. The number of aryl methyl sites for hydroxylation is 13. The zero-order chi connectivity index (χ0) is 50.0. The maximum Gasteiger partial charge on any atom is 0.0743 e. The summed E-state index contributed by atoms with van der Waals surface area (Å²) in [6.07, 6.45) is 0. The van der Waals surface area contributed by atoms with Crippen molar-refractivity contribution in [2.45, 2.75) is 95.4 Å². The van der Waals surface area contributed by atoms with Gasteiger partial charge in [-0.1, -0.05) is 103 Å². The lowest BCUT2D eigenvalue weighted by Gasteiger charge is -2.47. The van der Waals surface area contributed by atoms with E-state index in [1.54, 1.807) is 0 Å². The van der Waals surface area contributed by atoms with Gasteiger partial charge in [0.2, 0.25) is 0 Å². The molecule has 0 unspecified atom stereocenters. The van der Waals surface area contributed by atoms with Crippen LogP contribution in [0.15, 0.2) is 170 Å². The fourth-order valence-electron chi connectivity index (χ4n) is 11.3. The second kappa shape index (κ2) is 18.3. The smallest absolute Gasteiger partial charge is 0.0743 e. The molecule has 71 heavy (non-hydrogen) atoms. The van der Waals surface area contributed by atoms with Crippen LogP contribution in [0, 0.1) is 90.0 Å². The number of benzene rings is 9. The summed E-state index contributed by atoms with van der Waals surface area (Å²) in [4.78, 5) is 7.51. The maximum atomic E-state index is 2.52. The van der Waals surface area contributed by atoms with Crippen molar-refractivity contribution in [1.82, 2.24) is 0 Å². The van der Waals surface area contributed by atoms with Crippen molar-refractivity contribution < 1.29 is 0 Å². The molecule has 0 atom stereocenters. The Labute approximate surface area is 423 Å². The highest BCUT2D eigenvalue weighted by atomic mass is 15.2. The topological polar surface area (TPSA) is 9.72 Å². The average Bonchev–Trinajstić information content (AvgIpc) is 3.35. The van der Waals surface area contributed by atoms with Gasteiger partial charge in [-0.25, -0.2) is 0 Å². The molecule has 354 valence electrons. The van der Waals surface area contributed by atoms with Crippen molar-refractivity contribution in [3.05, 3.63) is 264 Å². The van der Waals surface area contributed by atoms with Crippen LogP contribution in [0.1, 0.15) is 94.6 Å². The van der Waals surface area contributed by atoms with Crippen LogP contribution in [0.4, 0.5) is 51.2 Å². The minimum absolute atomic E-state index is 0.773. The van der Waals surface area contributed by atoms with E-state index >= 15 is 0 Å². The Hall–Kier alpha value is -7.62. The van der Waals surface area contributed by atoms with Crippen molar-refractivity contribution >= 4 is 51.2 Å². The monoisotopic (exact) mass is 926 g/mol. The number of hydrogen-bond donors (Lipinski definition) is 0. The number of nitrogens with zero attached hydrogens (tertiary/aromatic N) is 3. The van der Waals surface area contributed by atoms with Crippen LogP contribution in [-0.2, 0) is 5.41 Å². The van der Waals surface area contributed by atoms with E-state index in [1.165, 1.54) is 117 Å². The molecule has 1 aliphatic rings. The summed E-state index contributed by atoms with van der Waals surface area (Å²) < 4.78 is 0. The number of anilines is 9. The fraction of sp³-hybridized carbons (Fsp3) is 0.206. The Kier molecular flexibility index (Phi) is 12.1. The SMILES string of the molecule is Cc1ccc(N2c3ccccc3C(c3cccc(N(c4cc(C)c(C)cc4C)c4cc(C)c(C)cc4C)c3)(c3cccc(N(c4cc(C)c(C)cc4C)c4cc(C)c(C)cc4C)c3)c3ccccc32)cc1. The van der Waals surface area contributed by atoms with E-state index in [0.717, 1.165) is 28.4 Å². The van der Waals surface area contributed by atoms with Crippen LogP contribution in [0.25, 0.3) is 0 Å². The second-order valence-electron chi connectivity index (χ2n) is 20.6. The lowest BCUT2D eigenvalue weighted by molar-refractivity contribution is 0.731. The first kappa shape index (κ1) is 47.1. The van der Waals surface area contributed by atoms with Crippen LogP contribution in [0.2, 0.25) is 0 Å². The van der Waals surface area contributed by atoms with Gasteiger partial charge in [0.25, 0.3) is 0 Å². The van der Waals surface area contributed by atoms with Crippen LogP contribution in [0.3, 0.4) is 0 Å². The molecule has 10 rings (SSSR count). The molecule has 0 amide bonds. The van der Waals surface area contributed by atoms with E-state index < -0.39 is 5.41 Å². The van der Waals surface area contributed by atoms with Crippen molar-refractivity contribution in [3.63, 3.8) is 0 Å². The Morgan fingerprint density at radius 2 is 0.620 bits per heavy atom. The molecule has 0 aromatic heterocycles. The highest BCUT2D eigenvalue weighted by molar-refractivity contribution is 5.91. The maximum absolute atomic E-state index is 2.52. The normalized spacial score (nSPS) is 12.7. The molecule has 0 fully saturated rings. The van der Waals surface area contributed by atoms with Crippen LogP contribution in [-0.4, -0.2) is 0 Å². The summed E-state index contributed by atoms with van der Waals surface area (Å²) in [5.41, 5.74) is 31.0. The Balaban J connectivity index is 1.32. The van der Waals surface area contributed by atoms with Gasteiger partial charge in [-0.2, -0.15) is 0 Å². The summed E-state index contributed by atoms with van der Waals surface area (Å²) in [5.74, 6) is 0. The van der Waals surface area contributed by atoms with Gasteiger partial charge in [-0.15, -0.1) is 0 Å². The first-order chi connectivity index (χ1) is 34.1. The highest BCUT2D eigenvalue weighted by Gasteiger charge is 2.47. The molecule has 0 aliphatic carbocycles. The van der Waals surface area contributed by atoms with E-state index in [1.807, 2.05) is 0 Å². The molecule has 3 nitrogen and oxygen atoms in total.